The molecule has 0 unspecified atom stereocenters. The van der Waals surface area contributed by atoms with Gasteiger partial charge < -0.3 is 5.73 Å². The van der Waals surface area contributed by atoms with Gasteiger partial charge in [0.25, 0.3) is 0 Å². The van der Waals surface area contributed by atoms with Crippen molar-refractivity contribution in [2.75, 3.05) is 5.01 Å². The van der Waals surface area contributed by atoms with Gasteiger partial charge in [-0.05, 0) is 54.4 Å². The first kappa shape index (κ1) is 19.4. The summed E-state index contributed by atoms with van der Waals surface area (Å²) < 4.78 is 64.2. The molecule has 3 nitrogen and oxygen atoms in total. The average Bonchev–Trinajstić information content (AvgIpc) is 2.57. The van der Waals surface area contributed by atoms with Crippen molar-refractivity contribution in [3.05, 3.63) is 71.8 Å². The largest absolute Gasteiger partial charge is 0.389 e. The number of hydrazone groups is 1. The molecule has 0 spiro atoms. The number of benzene rings is 2. The lowest BCUT2D eigenvalue weighted by Gasteiger charge is -2.22. The van der Waals surface area contributed by atoms with Gasteiger partial charge >= 0.3 is 6.18 Å². The fourth-order valence-electron chi connectivity index (χ4n) is 2.31. The molecule has 2 rings (SSSR count). The van der Waals surface area contributed by atoms with Crippen LogP contribution in [0.1, 0.15) is 17.5 Å². The Morgan fingerprint density at radius 2 is 1.73 bits per heavy atom. The van der Waals surface area contributed by atoms with E-state index in [1.807, 2.05) is 0 Å². The standard InChI is InChI=1S/C18H16F5N3/c1-12(26(25-11-24)17-4-2-15(19)3-5-17)14-8-13(9-16(20)10-14)6-7-18(21,22)23/h2-5,8-11H,1,6-7H2,(H2,24,25). The van der Waals surface area contributed by atoms with Gasteiger partial charge in [0, 0.05) is 12.0 Å². The molecular formula is C18H16F5N3. The molecule has 0 amide bonds. The molecule has 0 fully saturated rings. The van der Waals surface area contributed by atoms with Gasteiger partial charge in [-0.3, -0.25) is 0 Å². The molecule has 2 N–H and O–H groups in total. The summed E-state index contributed by atoms with van der Waals surface area (Å²) in [6, 6.07) is 8.79. The topological polar surface area (TPSA) is 41.6 Å². The van der Waals surface area contributed by atoms with Crippen molar-refractivity contribution in [2.24, 2.45) is 10.8 Å². The number of aryl methyl sites for hydroxylation is 1. The Balaban J connectivity index is 2.33. The molecule has 0 aliphatic rings. The summed E-state index contributed by atoms with van der Waals surface area (Å²) in [5, 5.41) is 5.14. The van der Waals surface area contributed by atoms with Crippen LogP contribution in [-0.2, 0) is 6.42 Å². The Hall–Kier alpha value is -2.90. The highest BCUT2D eigenvalue weighted by Gasteiger charge is 2.26. The second kappa shape index (κ2) is 7.99. The van der Waals surface area contributed by atoms with Crippen LogP contribution in [-0.4, -0.2) is 12.5 Å². The molecule has 26 heavy (non-hydrogen) atoms. The minimum Gasteiger partial charge on any atom is -0.388 e. The molecule has 0 atom stereocenters. The van der Waals surface area contributed by atoms with Crippen LogP contribution in [0.2, 0.25) is 0 Å². The molecule has 0 aliphatic heterocycles. The summed E-state index contributed by atoms with van der Waals surface area (Å²) in [5.74, 6) is -1.16. The number of hydrogen-bond acceptors (Lipinski definition) is 2. The molecule has 2 aromatic rings. The highest BCUT2D eigenvalue weighted by atomic mass is 19.4. The quantitative estimate of drug-likeness (QED) is 0.343. The van der Waals surface area contributed by atoms with Crippen LogP contribution in [0.4, 0.5) is 27.6 Å². The highest BCUT2D eigenvalue weighted by molar-refractivity contribution is 5.79. The minimum absolute atomic E-state index is 0.172. The lowest BCUT2D eigenvalue weighted by molar-refractivity contribution is -0.134. The van der Waals surface area contributed by atoms with Gasteiger partial charge in [0.15, 0.2) is 0 Å². The Labute approximate surface area is 147 Å². The summed E-state index contributed by atoms with van der Waals surface area (Å²) in [7, 11) is 0. The maximum absolute atomic E-state index is 13.9. The molecular weight excluding hydrogens is 353 g/mol. The van der Waals surface area contributed by atoms with Gasteiger partial charge in [-0.25, -0.2) is 13.8 Å². The first-order valence-corrected chi connectivity index (χ1v) is 7.55. The molecule has 0 aliphatic carbocycles. The van der Waals surface area contributed by atoms with E-state index in [9.17, 15) is 22.0 Å². The monoisotopic (exact) mass is 369 g/mol. The third-order valence-corrected chi connectivity index (χ3v) is 3.50. The summed E-state index contributed by atoms with van der Waals surface area (Å²) >= 11 is 0. The van der Waals surface area contributed by atoms with Crippen LogP contribution < -0.4 is 10.7 Å². The molecule has 0 saturated heterocycles. The molecule has 0 saturated carbocycles. The zero-order chi connectivity index (χ0) is 19.3. The van der Waals surface area contributed by atoms with Gasteiger partial charge in [0.05, 0.1) is 11.4 Å². The van der Waals surface area contributed by atoms with Crippen LogP contribution >= 0.6 is 0 Å². The number of alkyl halides is 3. The smallest absolute Gasteiger partial charge is 0.388 e. The van der Waals surface area contributed by atoms with Crippen molar-refractivity contribution in [3.8, 4) is 0 Å². The van der Waals surface area contributed by atoms with E-state index in [2.05, 4.69) is 11.7 Å². The molecule has 138 valence electrons. The van der Waals surface area contributed by atoms with E-state index in [1.54, 1.807) is 0 Å². The van der Waals surface area contributed by atoms with E-state index < -0.39 is 24.2 Å². The fraction of sp³-hybridized carbons (Fsp3) is 0.167. The van der Waals surface area contributed by atoms with Crippen molar-refractivity contribution in [2.45, 2.75) is 19.0 Å². The van der Waals surface area contributed by atoms with Crippen LogP contribution in [0.25, 0.3) is 5.70 Å². The summed E-state index contributed by atoms with van der Waals surface area (Å²) in [6.07, 6.45) is -4.80. The molecule has 0 heterocycles. The second-order valence-corrected chi connectivity index (χ2v) is 5.46. The minimum atomic E-state index is -4.34. The van der Waals surface area contributed by atoms with Gasteiger partial charge in [0.2, 0.25) is 0 Å². The lowest BCUT2D eigenvalue weighted by Crippen LogP contribution is -2.16. The van der Waals surface area contributed by atoms with Crippen LogP contribution in [0, 0.1) is 11.6 Å². The van der Waals surface area contributed by atoms with Crippen LogP contribution in [0.15, 0.2) is 54.1 Å². The number of rotatable bonds is 6. The van der Waals surface area contributed by atoms with Crippen molar-refractivity contribution < 1.29 is 22.0 Å². The number of nitrogens with two attached hydrogens (primary N) is 1. The highest BCUT2D eigenvalue weighted by Crippen LogP contribution is 2.28. The van der Waals surface area contributed by atoms with Crippen molar-refractivity contribution >= 4 is 17.7 Å². The van der Waals surface area contributed by atoms with Crippen molar-refractivity contribution in [3.63, 3.8) is 0 Å². The van der Waals surface area contributed by atoms with Gasteiger partial charge in [-0.15, -0.1) is 0 Å². The van der Waals surface area contributed by atoms with Gasteiger partial charge in [0.1, 0.15) is 18.0 Å². The van der Waals surface area contributed by atoms with E-state index >= 15 is 0 Å². The third kappa shape index (κ3) is 5.30. The first-order chi connectivity index (χ1) is 12.2. The van der Waals surface area contributed by atoms with E-state index in [0.717, 1.165) is 18.5 Å². The van der Waals surface area contributed by atoms with Crippen LogP contribution in [0.3, 0.4) is 0 Å². The van der Waals surface area contributed by atoms with E-state index in [1.165, 1.54) is 35.3 Å². The van der Waals surface area contributed by atoms with Crippen molar-refractivity contribution in [1.82, 2.24) is 0 Å². The maximum Gasteiger partial charge on any atom is 0.389 e. The third-order valence-electron chi connectivity index (χ3n) is 3.50. The molecule has 8 heteroatoms. The normalized spacial score (nSPS) is 11.7. The molecule has 0 bridgehead atoms. The molecule has 2 aromatic carbocycles. The summed E-state index contributed by atoms with van der Waals surface area (Å²) in [5.41, 5.74) is 6.30. The van der Waals surface area contributed by atoms with E-state index in [0.29, 0.717) is 5.69 Å². The zero-order valence-electron chi connectivity index (χ0n) is 13.6. The fourth-order valence-corrected chi connectivity index (χ4v) is 2.31. The Kier molecular flexibility index (Phi) is 5.97. The van der Waals surface area contributed by atoms with E-state index in [4.69, 9.17) is 5.73 Å². The Morgan fingerprint density at radius 3 is 2.31 bits per heavy atom. The lowest BCUT2D eigenvalue weighted by atomic mass is 10.0. The van der Waals surface area contributed by atoms with Crippen LogP contribution in [0.5, 0.6) is 0 Å². The number of anilines is 1. The Morgan fingerprint density at radius 1 is 1.08 bits per heavy atom. The van der Waals surface area contributed by atoms with Gasteiger partial charge in [-0.1, -0.05) is 6.58 Å². The summed E-state index contributed by atoms with van der Waals surface area (Å²) in [6.45, 7) is 3.81. The average molecular weight is 369 g/mol. The first-order valence-electron chi connectivity index (χ1n) is 7.55. The predicted octanol–water partition coefficient (Wildman–Crippen LogP) is 4.84. The molecule has 0 aromatic heterocycles. The predicted molar refractivity (Wildman–Crippen MR) is 91.4 cm³/mol. The Bertz CT molecular complexity index is 797. The summed E-state index contributed by atoms with van der Waals surface area (Å²) in [4.78, 5) is 0. The SMILES string of the molecule is C=C(c1cc(F)cc(CCC(F)(F)F)c1)N(/N=C/N)c1ccc(F)cc1. The van der Waals surface area contributed by atoms with E-state index in [-0.39, 0.29) is 23.2 Å². The second-order valence-electron chi connectivity index (χ2n) is 5.46. The van der Waals surface area contributed by atoms with Crippen molar-refractivity contribution in [1.29, 1.82) is 0 Å². The molecule has 0 radical (unpaired) electrons. The number of hydrogen-bond donors (Lipinski definition) is 1. The van der Waals surface area contributed by atoms with Gasteiger partial charge in [-0.2, -0.15) is 18.3 Å². The number of halogens is 5. The maximum atomic E-state index is 13.9. The zero-order valence-corrected chi connectivity index (χ0v) is 13.6. The number of nitrogens with zero attached hydrogens (tertiary/aromatic N) is 2.